The molecule has 110 valence electrons. The zero-order valence-corrected chi connectivity index (χ0v) is 12.2. The Hall–Kier alpha value is -2.40. The number of nitrogens with zero attached hydrogens (tertiary/aromatic N) is 1. The Morgan fingerprint density at radius 2 is 1.81 bits per heavy atom. The molecule has 0 radical (unpaired) electrons. The molecule has 0 aliphatic rings. The standard InChI is InChI=1S/C16H17NO4/c1-10-8-11(2)16(9-14(10)17(19)20)21-15-7-5-4-6-13(15)12(3)18/h4-9,12,18H,1-3H3/t12-/m1/s1. The number of aryl methyl sites for hydroxylation is 2. The zero-order valence-electron chi connectivity index (χ0n) is 12.2. The Balaban J connectivity index is 2.45. The molecule has 0 spiro atoms. The fourth-order valence-corrected chi connectivity index (χ4v) is 2.17. The van der Waals surface area contributed by atoms with E-state index in [0.29, 0.717) is 22.6 Å². The van der Waals surface area contributed by atoms with E-state index in [1.165, 1.54) is 6.07 Å². The lowest BCUT2D eigenvalue weighted by molar-refractivity contribution is -0.385. The molecule has 0 aliphatic carbocycles. The van der Waals surface area contributed by atoms with Crippen LogP contribution < -0.4 is 4.74 Å². The SMILES string of the molecule is Cc1cc(C)c([N+](=O)[O-])cc1Oc1ccccc1[C@@H](C)O. The number of rotatable bonds is 4. The molecule has 0 unspecified atom stereocenters. The minimum Gasteiger partial charge on any atom is -0.456 e. The van der Waals surface area contributed by atoms with E-state index in [-0.39, 0.29) is 5.69 Å². The maximum absolute atomic E-state index is 11.0. The van der Waals surface area contributed by atoms with E-state index in [0.717, 1.165) is 5.56 Å². The minimum atomic E-state index is -0.679. The molecule has 1 N–H and O–H groups in total. The lowest BCUT2D eigenvalue weighted by Crippen LogP contribution is -1.98. The predicted octanol–water partition coefficient (Wildman–Crippen LogP) is 4.06. The molecular formula is C16H17NO4. The van der Waals surface area contributed by atoms with Crippen LogP contribution in [-0.2, 0) is 0 Å². The summed E-state index contributed by atoms with van der Waals surface area (Å²) in [4.78, 5) is 10.6. The van der Waals surface area contributed by atoms with Crippen LogP contribution in [0.5, 0.6) is 11.5 Å². The van der Waals surface area contributed by atoms with Gasteiger partial charge in [0.05, 0.1) is 17.1 Å². The first-order valence-electron chi connectivity index (χ1n) is 6.60. The van der Waals surface area contributed by atoms with Crippen molar-refractivity contribution < 1.29 is 14.8 Å². The highest BCUT2D eigenvalue weighted by Crippen LogP contribution is 2.34. The summed E-state index contributed by atoms with van der Waals surface area (Å²) in [6.45, 7) is 5.17. The monoisotopic (exact) mass is 287 g/mol. The van der Waals surface area contributed by atoms with E-state index in [1.807, 2.05) is 6.92 Å². The third-order valence-corrected chi connectivity index (χ3v) is 3.28. The minimum absolute atomic E-state index is 0.0186. The molecule has 2 rings (SSSR count). The molecule has 5 nitrogen and oxygen atoms in total. The highest BCUT2D eigenvalue weighted by Gasteiger charge is 2.16. The van der Waals surface area contributed by atoms with Gasteiger partial charge in [0.25, 0.3) is 5.69 Å². The molecule has 0 saturated heterocycles. The Bertz CT molecular complexity index is 680. The fourth-order valence-electron chi connectivity index (χ4n) is 2.17. The molecule has 0 aromatic heterocycles. The maximum atomic E-state index is 11.0. The molecule has 2 aromatic carbocycles. The van der Waals surface area contributed by atoms with Crippen LogP contribution in [0.25, 0.3) is 0 Å². The van der Waals surface area contributed by atoms with E-state index in [9.17, 15) is 15.2 Å². The lowest BCUT2D eigenvalue weighted by atomic mass is 10.1. The van der Waals surface area contributed by atoms with E-state index >= 15 is 0 Å². The first-order valence-corrected chi connectivity index (χ1v) is 6.60. The van der Waals surface area contributed by atoms with Crippen LogP contribution in [0.15, 0.2) is 36.4 Å². The summed E-state index contributed by atoms with van der Waals surface area (Å²) < 4.78 is 5.78. The van der Waals surface area contributed by atoms with Crippen molar-refractivity contribution in [1.29, 1.82) is 0 Å². The maximum Gasteiger partial charge on any atom is 0.276 e. The number of nitro groups is 1. The summed E-state index contributed by atoms with van der Waals surface area (Å²) in [6.07, 6.45) is -0.679. The summed E-state index contributed by atoms with van der Waals surface area (Å²) in [5.41, 5.74) is 2.05. The van der Waals surface area contributed by atoms with Crippen molar-refractivity contribution in [3.05, 3.63) is 63.2 Å². The average Bonchev–Trinajstić information content (AvgIpc) is 2.41. The normalized spacial score (nSPS) is 12.0. The van der Waals surface area contributed by atoms with Crippen molar-refractivity contribution in [1.82, 2.24) is 0 Å². The molecule has 2 aromatic rings. The predicted molar refractivity (Wildman–Crippen MR) is 79.7 cm³/mol. The highest BCUT2D eigenvalue weighted by atomic mass is 16.6. The fraction of sp³-hybridized carbons (Fsp3) is 0.250. The summed E-state index contributed by atoms with van der Waals surface area (Å²) >= 11 is 0. The molecule has 0 heterocycles. The van der Waals surface area contributed by atoms with Crippen LogP contribution in [0, 0.1) is 24.0 Å². The third-order valence-electron chi connectivity index (χ3n) is 3.28. The molecule has 0 amide bonds. The lowest BCUT2D eigenvalue weighted by Gasteiger charge is -2.14. The average molecular weight is 287 g/mol. The Morgan fingerprint density at radius 1 is 1.14 bits per heavy atom. The summed E-state index contributed by atoms with van der Waals surface area (Å²) in [5, 5.41) is 20.8. The van der Waals surface area contributed by atoms with Crippen molar-refractivity contribution in [2.75, 3.05) is 0 Å². The molecular weight excluding hydrogens is 270 g/mol. The summed E-state index contributed by atoms with van der Waals surface area (Å²) in [6, 6.07) is 10.2. The second kappa shape index (κ2) is 5.93. The van der Waals surface area contributed by atoms with Gasteiger partial charge in [-0.15, -0.1) is 0 Å². The van der Waals surface area contributed by atoms with Crippen LogP contribution in [0.3, 0.4) is 0 Å². The van der Waals surface area contributed by atoms with Gasteiger partial charge in [0.15, 0.2) is 0 Å². The highest BCUT2D eigenvalue weighted by molar-refractivity contribution is 5.51. The first-order chi connectivity index (χ1) is 9.90. The Morgan fingerprint density at radius 3 is 2.43 bits per heavy atom. The van der Waals surface area contributed by atoms with Crippen molar-refractivity contribution in [3.8, 4) is 11.5 Å². The van der Waals surface area contributed by atoms with Gasteiger partial charge in [-0.2, -0.15) is 0 Å². The van der Waals surface area contributed by atoms with Crippen LogP contribution in [-0.4, -0.2) is 10.0 Å². The number of hydrogen-bond donors (Lipinski definition) is 1. The number of aliphatic hydroxyl groups excluding tert-OH is 1. The second-order valence-electron chi connectivity index (χ2n) is 4.98. The van der Waals surface area contributed by atoms with Gasteiger partial charge in [0.1, 0.15) is 11.5 Å². The van der Waals surface area contributed by atoms with Crippen LogP contribution >= 0.6 is 0 Å². The van der Waals surface area contributed by atoms with Crippen molar-refractivity contribution in [3.63, 3.8) is 0 Å². The van der Waals surface area contributed by atoms with Crippen molar-refractivity contribution >= 4 is 5.69 Å². The summed E-state index contributed by atoms with van der Waals surface area (Å²) in [5.74, 6) is 0.911. The smallest absolute Gasteiger partial charge is 0.276 e. The van der Waals surface area contributed by atoms with Crippen LogP contribution in [0.4, 0.5) is 5.69 Å². The van der Waals surface area contributed by atoms with Gasteiger partial charge in [0.2, 0.25) is 0 Å². The number of nitro benzene ring substituents is 1. The van der Waals surface area contributed by atoms with Gasteiger partial charge in [-0.05, 0) is 38.5 Å². The largest absolute Gasteiger partial charge is 0.456 e. The molecule has 21 heavy (non-hydrogen) atoms. The Labute approximate surface area is 123 Å². The van der Waals surface area contributed by atoms with E-state index in [1.54, 1.807) is 44.2 Å². The van der Waals surface area contributed by atoms with E-state index < -0.39 is 11.0 Å². The number of aliphatic hydroxyl groups is 1. The number of hydrogen-bond acceptors (Lipinski definition) is 4. The molecule has 0 bridgehead atoms. The van der Waals surface area contributed by atoms with Crippen molar-refractivity contribution in [2.45, 2.75) is 26.9 Å². The molecule has 0 fully saturated rings. The van der Waals surface area contributed by atoms with Crippen LogP contribution in [0.1, 0.15) is 29.7 Å². The van der Waals surface area contributed by atoms with E-state index in [4.69, 9.17) is 4.74 Å². The van der Waals surface area contributed by atoms with Gasteiger partial charge in [-0.1, -0.05) is 18.2 Å². The topological polar surface area (TPSA) is 72.6 Å². The second-order valence-corrected chi connectivity index (χ2v) is 4.98. The van der Waals surface area contributed by atoms with Gasteiger partial charge in [-0.25, -0.2) is 0 Å². The van der Waals surface area contributed by atoms with Gasteiger partial charge in [-0.3, -0.25) is 10.1 Å². The van der Waals surface area contributed by atoms with Crippen LogP contribution in [0.2, 0.25) is 0 Å². The third kappa shape index (κ3) is 3.20. The number of para-hydroxylation sites is 1. The zero-order chi connectivity index (χ0) is 15.6. The molecule has 0 aliphatic heterocycles. The van der Waals surface area contributed by atoms with Gasteiger partial charge >= 0.3 is 0 Å². The molecule has 0 saturated carbocycles. The summed E-state index contributed by atoms with van der Waals surface area (Å²) in [7, 11) is 0. The number of ether oxygens (including phenoxy) is 1. The van der Waals surface area contributed by atoms with Crippen molar-refractivity contribution in [2.24, 2.45) is 0 Å². The number of benzene rings is 2. The quantitative estimate of drug-likeness (QED) is 0.680. The van der Waals surface area contributed by atoms with Gasteiger partial charge < -0.3 is 9.84 Å². The van der Waals surface area contributed by atoms with E-state index in [2.05, 4.69) is 0 Å². The molecule has 5 heteroatoms. The Kier molecular flexibility index (Phi) is 4.23. The first kappa shape index (κ1) is 15.0. The van der Waals surface area contributed by atoms with Gasteiger partial charge in [0, 0.05) is 11.1 Å². The molecule has 1 atom stereocenters.